The zero-order chi connectivity index (χ0) is 15.6. The Kier molecular flexibility index (Phi) is 4.81. The van der Waals surface area contributed by atoms with E-state index in [0.717, 1.165) is 23.7 Å². The Labute approximate surface area is 140 Å². The first-order valence-electron chi connectivity index (χ1n) is 6.82. The lowest BCUT2D eigenvalue weighted by Gasteiger charge is -2.18. The molecule has 1 aromatic carbocycles. The van der Waals surface area contributed by atoms with Gasteiger partial charge in [0.25, 0.3) is 6.02 Å². The molecule has 0 aromatic heterocycles. The van der Waals surface area contributed by atoms with Crippen molar-refractivity contribution in [3.05, 3.63) is 33.6 Å². The maximum atomic E-state index is 5.94. The van der Waals surface area contributed by atoms with Gasteiger partial charge >= 0.3 is 0 Å². The van der Waals surface area contributed by atoms with Crippen LogP contribution in [-0.4, -0.2) is 31.6 Å². The van der Waals surface area contributed by atoms with Gasteiger partial charge in [-0.2, -0.15) is 4.99 Å². The van der Waals surface area contributed by atoms with Crippen LogP contribution in [0.25, 0.3) is 0 Å². The third-order valence-corrected chi connectivity index (χ3v) is 5.34. The van der Waals surface area contributed by atoms with Crippen LogP contribution in [0.3, 0.4) is 0 Å². The molecule has 0 N–H and O–H groups in total. The standard InChI is InChI=1S/C16H21IN2O2/c1-16(2,3)14(17)13-10-19(4)15(21-13)18-11-6-8-12(20-5)9-7-11/h6-9H,10H2,1-5H3/b14-13+,18-15?. The van der Waals surface area contributed by atoms with Gasteiger partial charge in [0, 0.05) is 10.6 Å². The number of methoxy groups -OCH3 is 1. The minimum atomic E-state index is 0.0896. The molecular weight excluding hydrogens is 379 g/mol. The van der Waals surface area contributed by atoms with Gasteiger partial charge in [0.2, 0.25) is 0 Å². The molecule has 1 aliphatic heterocycles. The minimum Gasteiger partial charge on any atom is -0.497 e. The first kappa shape index (κ1) is 16.1. The first-order chi connectivity index (χ1) is 9.81. The number of amidine groups is 1. The Morgan fingerprint density at radius 3 is 2.43 bits per heavy atom. The van der Waals surface area contributed by atoms with E-state index in [1.807, 2.05) is 36.2 Å². The summed E-state index contributed by atoms with van der Waals surface area (Å²) in [7, 11) is 3.64. The van der Waals surface area contributed by atoms with E-state index in [2.05, 4.69) is 48.4 Å². The number of hydrogen-bond donors (Lipinski definition) is 0. The van der Waals surface area contributed by atoms with Crippen LogP contribution < -0.4 is 4.74 Å². The van der Waals surface area contributed by atoms with Gasteiger partial charge < -0.3 is 14.4 Å². The van der Waals surface area contributed by atoms with Crippen molar-refractivity contribution in [3.8, 4) is 5.75 Å². The van der Waals surface area contributed by atoms with Crippen molar-refractivity contribution in [2.24, 2.45) is 10.4 Å². The lowest BCUT2D eigenvalue weighted by atomic mass is 9.96. The summed E-state index contributed by atoms with van der Waals surface area (Å²) in [6.07, 6.45) is 0. The van der Waals surface area contributed by atoms with Crippen molar-refractivity contribution >= 4 is 34.3 Å². The van der Waals surface area contributed by atoms with Gasteiger partial charge in [-0.05, 0) is 52.3 Å². The molecule has 1 fully saturated rings. The zero-order valence-corrected chi connectivity index (χ0v) is 15.3. The summed E-state index contributed by atoms with van der Waals surface area (Å²) in [4.78, 5) is 6.57. The van der Waals surface area contributed by atoms with Crippen LogP contribution in [0.4, 0.5) is 5.69 Å². The molecule has 0 amide bonds. The van der Waals surface area contributed by atoms with Gasteiger partial charge in [0.15, 0.2) is 0 Å². The molecule has 0 unspecified atom stereocenters. The number of likely N-dealkylation sites (N-methyl/N-ethyl adjacent to an activating group) is 1. The summed E-state index contributed by atoms with van der Waals surface area (Å²) >= 11 is 2.37. The SMILES string of the molecule is COc1ccc(N=C2O/C(=C(/I)C(C)(C)C)CN2C)cc1. The topological polar surface area (TPSA) is 34.1 Å². The maximum Gasteiger partial charge on any atom is 0.298 e. The highest BCUT2D eigenvalue weighted by molar-refractivity contribution is 14.1. The molecule has 114 valence electrons. The van der Waals surface area contributed by atoms with Gasteiger partial charge in [0.1, 0.15) is 11.5 Å². The molecule has 21 heavy (non-hydrogen) atoms. The second-order valence-electron chi connectivity index (χ2n) is 6.04. The Bertz CT molecular complexity index is 571. The third kappa shape index (κ3) is 3.90. The van der Waals surface area contributed by atoms with Crippen molar-refractivity contribution in [1.29, 1.82) is 0 Å². The third-order valence-electron chi connectivity index (χ3n) is 3.12. The predicted molar refractivity (Wildman–Crippen MR) is 94.3 cm³/mol. The monoisotopic (exact) mass is 400 g/mol. The van der Waals surface area contributed by atoms with E-state index in [-0.39, 0.29) is 5.41 Å². The molecule has 0 aliphatic carbocycles. The van der Waals surface area contributed by atoms with Gasteiger partial charge in [-0.25, -0.2) is 0 Å². The van der Waals surface area contributed by atoms with Crippen LogP contribution in [0.2, 0.25) is 0 Å². The maximum absolute atomic E-state index is 5.94. The van der Waals surface area contributed by atoms with Crippen LogP contribution in [0.5, 0.6) is 5.75 Å². The fourth-order valence-corrected chi connectivity index (χ4v) is 2.19. The van der Waals surface area contributed by atoms with E-state index < -0.39 is 0 Å². The number of nitrogens with zero attached hydrogens (tertiary/aromatic N) is 2. The molecule has 0 spiro atoms. The lowest BCUT2D eigenvalue weighted by molar-refractivity contribution is 0.410. The van der Waals surface area contributed by atoms with E-state index in [0.29, 0.717) is 6.02 Å². The smallest absolute Gasteiger partial charge is 0.298 e. The molecule has 4 nitrogen and oxygen atoms in total. The number of ether oxygens (including phenoxy) is 2. The summed E-state index contributed by atoms with van der Waals surface area (Å²) in [6, 6.07) is 8.25. The molecule has 1 saturated heterocycles. The van der Waals surface area contributed by atoms with Crippen LogP contribution in [0, 0.1) is 5.41 Å². The second kappa shape index (κ2) is 6.25. The highest BCUT2D eigenvalue weighted by Crippen LogP contribution is 2.36. The van der Waals surface area contributed by atoms with Crippen LogP contribution >= 0.6 is 22.6 Å². The highest BCUT2D eigenvalue weighted by Gasteiger charge is 2.28. The van der Waals surface area contributed by atoms with E-state index in [4.69, 9.17) is 9.47 Å². The number of aliphatic imine (C=N–C) groups is 1. The molecule has 2 rings (SSSR count). The summed E-state index contributed by atoms with van der Waals surface area (Å²) in [5.74, 6) is 1.81. The van der Waals surface area contributed by atoms with Gasteiger partial charge in [-0.15, -0.1) is 0 Å². The summed E-state index contributed by atoms with van der Waals surface area (Å²) in [5.41, 5.74) is 0.941. The first-order valence-corrected chi connectivity index (χ1v) is 7.90. The Morgan fingerprint density at radius 1 is 1.29 bits per heavy atom. The second-order valence-corrected chi connectivity index (χ2v) is 7.12. The molecule has 0 bridgehead atoms. The molecule has 5 heteroatoms. The zero-order valence-electron chi connectivity index (χ0n) is 13.1. The average Bonchev–Trinajstić information content (AvgIpc) is 2.79. The quantitative estimate of drug-likeness (QED) is 0.693. The van der Waals surface area contributed by atoms with E-state index in [1.54, 1.807) is 7.11 Å². The van der Waals surface area contributed by atoms with Gasteiger partial charge in [-0.1, -0.05) is 20.8 Å². The molecule has 1 aliphatic rings. The van der Waals surface area contributed by atoms with Crippen molar-refractivity contribution in [2.45, 2.75) is 20.8 Å². The number of halogens is 1. The lowest BCUT2D eigenvalue weighted by Crippen LogP contribution is -2.19. The Morgan fingerprint density at radius 2 is 1.90 bits per heavy atom. The molecule has 0 radical (unpaired) electrons. The highest BCUT2D eigenvalue weighted by atomic mass is 127. The largest absolute Gasteiger partial charge is 0.497 e. The summed E-state index contributed by atoms with van der Waals surface area (Å²) in [6.45, 7) is 7.31. The summed E-state index contributed by atoms with van der Waals surface area (Å²) < 4.78 is 12.3. The number of benzene rings is 1. The molecular formula is C16H21IN2O2. The normalized spacial score (nSPS) is 19.7. The van der Waals surface area contributed by atoms with Crippen molar-refractivity contribution in [1.82, 2.24) is 4.90 Å². The average molecular weight is 400 g/mol. The fraction of sp³-hybridized carbons (Fsp3) is 0.438. The Balaban J connectivity index is 2.23. The molecule has 0 atom stereocenters. The number of allylic oxidation sites excluding steroid dienone is 1. The predicted octanol–water partition coefficient (Wildman–Crippen LogP) is 4.34. The van der Waals surface area contributed by atoms with Crippen molar-refractivity contribution in [2.75, 3.05) is 20.7 Å². The number of rotatable bonds is 2. The van der Waals surface area contributed by atoms with Crippen LogP contribution in [0.15, 0.2) is 38.6 Å². The molecule has 1 aromatic rings. The van der Waals surface area contributed by atoms with Crippen LogP contribution in [0.1, 0.15) is 20.8 Å². The van der Waals surface area contributed by atoms with Crippen molar-refractivity contribution < 1.29 is 9.47 Å². The Hall–Kier alpha value is -1.24. The van der Waals surface area contributed by atoms with Crippen molar-refractivity contribution in [3.63, 3.8) is 0 Å². The van der Waals surface area contributed by atoms with E-state index in [9.17, 15) is 0 Å². The van der Waals surface area contributed by atoms with Gasteiger partial charge in [-0.3, -0.25) is 0 Å². The van der Waals surface area contributed by atoms with E-state index in [1.165, 1.54) is 3.58 Å². The summed E-state index contributed by atoms with van der Waals surface area (Å²) in [5, 5.41) is 0. The molecule has 1 heterocycles. The van der Waals surface area contributed by atoms with Gasteiger partial charge in [0.05, 0.1) is 19.3 Å². The number of hydrogen-bond acceptors (Lipinski definition) is 3. The van der Waals surface area contributed by atoms with Crippen LogP contribution in [-0.2, 0) is 4.74 Å². The van der Waals surface area contributed by atoms with E-state index >= 15 is 0 Å². The fourth-order valence-electron chi connectivity index (χ4n) is 1.91. The minimum absolute atomic E-state index is 0.0896. The molecule has 0 saturated carbocycles.